The smallest absolute Gasteiger partial charge is 0.169 e. The number of nitrogen functional groups attached to an aromatic ring is 1. The number of piperidine rings is 1. The second-order valence-electron chi connectivity index (χ2n) is 7.01. The van der Waals surface area contributed by atoms with Crippen molar-refractivity contribution in [1.29, 1.82) is 5.41 Å². The lowest BCUT2D eigenvalue weighted by molar-refractivity contribution is 0.420. The van der Waals surface area contributed by atoms with Gasteiger partial charge >= 0.3 is 0 Å². The van der Waals surface area contributed by atoms with Crippen LogP contribution in [0.3, 0.4) is 0 Å². The van der Waals surface area contributed by atoms with Gasteiger partial charge in [0.05, 0.1) is 11.9 Å². The SMILES string of the molecule is N=C/C(=C\NC1CCNCC1)c1cnc(N)c(NCc2ccc3nccn3c2)n1. The van der Waals surface area contributed by atoms with Crippen LogP contribution in [-0.2, 0) is 6.54 Å². The Hall–Kier alpha value is -3.46. The van der Waals surface area contributed by atoms with Crippen LogP contribution in [0.4, 0.5) is 11.6 Å². The van der Waals surface area contributed by atoms with E-state index >= 15 is 0 Å². The predicted molar refractivity (Wildman–Crippen MR) is 115 cm³/mol. The van der Waals surface area contributed by atoms with E-state index in [9.17, 15) is 0 Å². The van der Waals surface area contributed by atoms with Gasteiger partial charge in [-0.25, -0.2) is 15.0 Å². The number of hydrogen-bond acceptors (Lipinski definition) is 8. The largest absolute Gasteiger partial charge is 0.387 e. The van der Waals surface area contributed by atoms with Gasteiger partial charge in [-0.05, 0) is 37.6 Å². The zero-order chi connectivity index (χ0) is 20.1. The van der Waals surface area contributed by atoms with Crippen molar-refractivity contribution in [2.45, 2.75) is 25.4 Å². The quantitative estimate of drug-likeness (QED) is 0.387. The molecule has 1 aliphatic rings. The minimum Gasteiger partial charge on any atom is -0.387 e. The molecule has 0 radical (unpaired) electrons. The first-order valence-corrected chi connectivity index (χ1v) is 9.68. The van der Waals surface area contributed by atoms with E-state index < -0.39 is 0 Å². The highest BCUT2D eigenvalue weighted by atomic mass is 15.1. The molecule has 0 saturated carbocycles. The van der Waals surface area contributed by atoms with Crippen molar-refractivity contribution >= 4 is 29.1 Å². The number of fused-ring (bicyclic) bond motifs is 1. The van der Waals surface area contributed by atoms with Gasteiger partial charge in [-0.3, -0.25) is 0 Å². The highest BCUT2D eigenvalue weighted by Crippen LogP contribution is 2.18. The van der Waals surface area contributed by atoms with Crippen LogP contribution in [0.5, 0.6) is 0 Å². The van der Waals surface area contributed by atoms with Crippen molar-refractivity contribution in [1.82, 2.24) is 30.0 Å². The Morgan fingerprint density at radius 3 is 3.00 bits per heavy atom. The van der Waals surface area contributed by atoms with E-state index in [-0.39, 0.29) is 0 Å². The van der Waals surface area contributed by atoms with Crippen molar-refractivity contribution in [3.63, 3.8) is 0 Å². The first-order valence-electron chi connectivity index (χ1n) is 9.68. The fourth-order valence-corrected chi connectivity index (χ4v) is 3.31. The van der Waals surface area contributed by atoms with E-state index in [1.54, 1.807) is 12.4 Å². The van der Waals surface area contributed by atoms with E-state index in [0.717, 1.165) is 37.1 Å². The van der Waals surface area contributed by atoms with Crippen LogP contribution >= 0.6 is 0 Å². The zero-order valence-electron chi connectivity index (χ0n) is 16.1. The number of anilines is 2. The monoisotopic (exact) mass is 391 g/mol. The lowest BCUT2D eigenvalue weighted by atomic mass is 10.1. The van der Waals surface area contributed by atoms with Crippen LogP contribution in [-0.4, -0.2) is 44.7 Å². The molecule has 0 aromatic carbocycles. The second-order valence-corrected chi connectivity index (χ2v) is 7.01. The molecule has 0 amide bonds. The van der Waals surface area contributed by atoms with Gasteiger partial charge in [0.15, 0.2) is 11.6 Å². The predicted octanol–water partition coefficient (Wildman–Crippen LogP) is 1.65. The number of rotatable bonds is 7. The van der Waals surface area contributed by atoms with Crippen LogP contribution < -0.4 is 21.7 Å². The molecule has 4 heterocycles. The van der Waals surface area contributed by atoms with Crippen molar-refractivity contribution < 1.29 is 0 Å². The van der Waals surface area contributed by atoms with Gasteiger partial charge in [0.1, 0.15) is 5.65 Å². The summed E-state index contributed by atoms with van der Waals surface area (Å²) < 4.78 is 1.96. The number of imidazole rings is 1. The average molecular weight is 391 g/mol. The van der Waals surface area contributed by atoms with Crippen molar-refractivity contribution in [3.8, 4) is 0 Å². The molecule has 3 aromatic heterocycles. The summed E-state index contributed by atoms with van der Waals surface area (Å²) in [5.74, 6) is 0.830. The fourth-order valence-electron chi connectivity index (χ4n) is 3.31. The highest BCUT2D eigenvalue weighted by molar-refractivity contribution is 6.07. The molecule has 4 rings (SSSR count). The second kappa shape index (κ2) is 8.70. The fraction of sp³-hybridized carbons (Fsp3) is 0.300. The van der Waals surface area contributed by atoms with Crippen LogP contribution in [0, 0.1) is 5.41 Å². The summed E-state index contributed by atoms with van der Waals surface area (Å²) in [5.41, 5.74) is 9.24. The van der Waals surface area contributed by atoms with Crippen LogP contribution in [0.1, 0.15) is 24.1 Å². The lowest BCUT2D eigenvalue weighted by Crippen LogP contribution is -2.37. The summed E-state index contributed by atoms with van der Waals surface area (Å²) in [5, 5.41) is 17.7. The summed E-state index contributed by atoms with van der Waals surface area (Å²) in [6.07, 6.45) is 12.5. The standard InChI is InChI=1S/C20H25N9/c21-9-15(11-25-16-3-5-23-6-4-16)17-12-26-19(22)20(28-17)27-10-14-1-2-18-24-7-8-29(18)13-14/h1-2,7-9,11-13,16,21,23,25H,3-6,10H2,(H2,22,26)(H,27,28)/b15-11+,21-9?. The number of pyridine rings is 1. The zero-order valence-corrected chi connectivity index (χ0v) is 16.1. The van der Waals surface area contributed by atoms with Gasteiger partial charge in [0.25, 0.3) is 0 Å². The third kappa shape index (κ3) is 4.52. The normalized spacial score (nSPS) is 15.4. The minimum atomic E-state index is 0.327. The molecule has 0 bridgehead atoms. The summed E-state index contributed by atoms with van der Waals surface area (Å²) >= 11 is 0. The van der Waals surface area contributed by atoms with E-state index in [4.69, 9.17) is 11.1 Å². The highest BCUT2D eigenvalue weighted by Gasteiger charge is 2.12. The Kier molecular flexibility index (Phi) is 5.66. The number of hydrogen-bond donors (Lipinski definition) is 5. The molecule has 3 aromatic rings. The minimum absolute atomic E-state index is 0.327. The van der Waals surface area contributed by atoms with Crippen LogP contribution in [0.25, 0.3) is 11.2 Å². The molecule has 1 fully saturated rings. The summed E-state index contributed by atoms with van der Waals surface area (Å²) in [6, 6.07) is 4.38. The Labute approximate surface area is 169 Å². The molecule has 150 valence electrons. The molecule has 1 saturated heterocycles. The number of nitrogens with two attached hydrogens (primary N) is 1. The number of nitrogens with one attached hydrogen (secondary N) is 4. The average Bonchev–Trinajstić information content (AvgIpc) is 3.23. The number of aromatic nitrogens is 4. The maximum absolute atomic E-state index is 7.76. The molecule has 29 heavy (non-hydrogen) atoms. The molecule has 0 unspecified atom stereocenters. The molecule has 0 aliphatic carbocycles. The van der Waals surface area contributed by atoms with Gasteiger partial charge < -0.3 is 31.5 Å². The topological polar surface area (TPSA) is 129 Å². The number of allylic oxidation sites excluding steroid dienone is 1. The Balaban J connectivity index is 1.47. The molecule has 9 heteroatoms. The number of nitrogens with zero attached hydrogens (tertiary/aromatic N) is 4. The summed E-state index contributed by atoms with van der Waals surface area (Å²) in [4.78, 5) is 13.1. The van der Waals surface area contributed by atoms with Crippen LogP contribution in [0.15, 0.2) is 43.1 Å². The molecule has 9 nitrogen and oxygen atoms in total. The maximum Gasteiger partial charge on any atom is 0.169 e. The van der Waals surface area contributed by atoms with Crippen molar-refractivity contribution in [3.05, 3.63) is 54.4 Å². The molecule has 0 spiro atoms. The molecule has 6 N–H and O–H groups in total. The van der Waals surface area contributed by atoms with Gasteiger partial charge in [0.2, 0.25) is 0 Å². The maximum atomic E-state index is 7.76. The van der Waals surface area contributed by atoms with E-state index in [0.29, 0.717) is 35.5 Å². The van der Waals surface area contributed by atoms with E-state index in [1.165, 1.54) is 6.21 Å². The van der Waals surface area contributed by atoms with Gasteiger partial charge in [-0.2, -0.15) is 0 Å². The summed E-state index contributed by atoms with van der Waals surface area (Å²) in [7, 11) is 0. The third-order valence-corrected chi connectivity index (χ3v) is 4.98. The van der Waals surface area contributed by atoms with Gasteiger partial charge in [-0.1, -0.05) is 6.07 Å². The van der Waals surface area contributed by atoms with Gasteiger partial charge in [0, 0.05) is 49.2 Å². The first-order chi connectivity index (χ1) is 14.2. The van der Waals surface area contributed by atoms with E-state index in [1.807, 2.05) is 35.1 Å². The Bertz CT molecular complexity index is 1020. The molecular weight excluding hydrogens is 366 g/mol. The van der Waals surface area contributed by atoms with Crippen molar-refractivity contribution in [2.24, 2.45) is 0 Å². The molecular formula is C20H25N9. The van der Waals surface area contributed by atoms with Gasteiger partial charge in [-0.15, -0.1) is 0 Å². The lowest BCUT2D eigenvalue weighted by Gasteiger charge is -2.23. The summed E-state index contributed by atoms with van der Waals surface area (Å²) in [6.45, 7) is 2.56. The Morgan fingerprint density at radius 1 is 1.31 bits per heavy atom. The van der Waals surface area contributed by atoms with Crippen molar-refractivity contribution in [2.75, 3.05) is 24.1 Å². The van der Waals surface area contributed by atoms with E-state index in [2.05, 4.69) is 30.9 Å². The molecule has 1 aliphatic heterocycles. The molecule has 0 atom stereocenters. The third-order valence-electron chi connectivity index (χ3n) is 4.98. The first kappa shape index (κ1) is 18.9. The Morgan fingerprint density at radius 2 is 2.17 bits per heavy atom. The van der Waals surface area contributed by atoms with Crippen LogP contribution in [0.2, 0.25) is 0 Å².